The van der Waals surface area contributed by atoms with Gasteiger partial charge in [-0.3, -0.25) is 4.79 Å². The second-order valence-electron chi connectivity index (χ2n) is 9.43. The van der Waals surface area contributed by atoms with E-state index in [-0.39, 0.29) is 13.2 Å². The largest absolute Gasteiger partial charge is 0.457 e. The van der Waals surface area contributed by atoms with E-state index in [0.29, 0.717) is 58.4 Å². The van der Waals surface area contributed by atoms with Crippen LogP contribution >= 0.6 is 0 Å². The summed E-state index contributed by atoms with van der Waals surface area (Å²) in [4.78, 5) is 23.6. The SMILES string of the molecule is CCCCCCCCCCCCCOCCOCCOCCOCCOCCOC(=O)C(=O)c1ccccc1. The number of benzene rings is 1. The van der Waals surface area contributed by atoms with Gasteiger partial charge in [-0.15, -0.1) is 0 Å². The highest BCUT2D eigenvalue weighted by Gasteiger charge is 2.17. The first-order valence-corrected chi connectivity index (χ1v) is 14.9. The van der Waals surface area contributed by atoms with Crippen LogP contribution in [-0.4, -0.2) is 84.4 Å². The standard InChI is InChI=1S/C31H52O8/c1-2-3-4-5-6-7-8-9-10-11-15-18-34-19-20-35-21-22-36-23-24-37-25-26-38-27-28-39-31(33)30(32)29-16-13-12-14-17-29/h12-14,16-17H,2-11,15,18-28H2,1H3. The van der Waals surface area contributed by atoms with Crippen molar-refractivity contribution in [1.82, 2.24) is 0 Å². The van der Waals surface area contributed by atoms with Crippen molar-refractivity contribution in [1.29, 1.82) is 0 Å². The maximum atomic E-state index is 11.9. The van der Waals surface area contributed by atoms with E-state index in [2.05, 4.69) is 6.92 Å². The van der Waals surface area contributed by atoms with Crippen molar-refractivity contribution >= 4 is 11.8 Å². The molecule has 0 aliphatic carbocycles. The zero-order valence-corrected chi connectivity index (χ0v) is 24.2. The van der Waals surface area contributed by atoms with Crippen molar-refractivity contribution in [2.45, 2.75) is 77.6 Å². The fraction of sp³-hybridized carbons (Fsp3) is 0.742. The van der Waals surface area contributed by atoms with Gasteiger partial charge in [0.05, 0.1) is 59.5 Å². The van der Waals surface area contributed by atoms with E-state index >= 15 is 0 Å². The lowest BCUT2D eigenvalue weighted by Crippen LogP contribution is -2.20. The van der Waals surface area contributed by atoms with Gasteiger partial charge in [-0.1, -0.05) is 101 Å². The van der Waals surface area contributed by atoms with E-state index in [9.17, 15) is 9.59 Å². The molecule has 224 valence electrons. The lowest BCUT2D eigenvalue weighted by molar-refractivity contribution is -0.139. The van der Waals surface area contributed by atoms with E-state index in [1.807, 2.05) is 0 Å². The van der Waals surface area contributed by atoms with Crippen LogP contribution in [0.3, 0.4) is 0 Å². The second kappa shape index (κ2) is 27.7. The van der Waals surface area contributed by atoms with Crippen LogP contribution in [0.15, 0.2) is 30.3 Å². The summed E-state index contributed by atoms with van der Waals surface area (Å²) in [7, 11) is 0. The highest BCUT2D eigenvalue weighted by molar-refractivity contribution is 6.40. The number of Topliss-reactive ketones (excluding diaryl/α,β-unsaturated/α-hetero) is 1. The van der Waals surface area contributed by atoms with Crippen LogP contribution in [0, 0.1) is 0 Å². The Balaban J connectivity index is 1.70. The van der Waals surface area contributed by atoms with E-state index in [1.165, 1.54) is 64.2 Å². The molecule has 1 aromatic rings. The summed E-state index contributed by atoms with van der Waals surface area (Å²) in [5, 5.41) is 0. The molecular formula is C31H52O8. The molecule has 0 aliphatic heterocycles. The van der Waals surface area contributed by atoms with Gasteiger partial charge in [0, 0.05) is 12.2 Å². The van der Waals surface area contributed by atoms with Crippen molar-refractivity contribution in [3.8, 4) is 0 Å². The predicted molar refractivity (Wildman–Crippen MR) is 152 cm³/mol. The highest BCUT2D eigenvalue weighted by Crippen LogP contribution is 2.11. The lowest BCUT2D eigenvalue weighted by atomic mass is 10.1. The molecule has 39 heavy (non-hydrogen) atoms. The number of hydrogen-bond donors (Lipinski definition) is 0. The Bertz CT molecular complexity index is 682. The molecule has 0 atom stereocenters. The molecule has 0 spiro atoms. The van der Waals surface area contributed by atoms with Gasteiger partial charge in [0.2, 0.25) is 0 Å². The number of ether oxygens (including phenoxy) is 6. The van der Waals surface area contributed by atoms with Gasteiger partial charge in [-0.05, 0) is 6.42 Å². The molecule has 0 saturated carbocycles. The van der Waals surface area contributed by atoms with Gasteiger partial charge in [-0.2, -0.15) is 0 Å². The summed E-state index contributed by atoms with van der Waals surface area (Å²) >= 11 is 0. The predicted octanol–water partition coefficient (Wildman–Crippen LogP) is 5.81. The van der Waals surface area contributed by atoms with Gasteiger partial charge in [0.1, 0.15) is 6.61 Å². The molecule has 8 nitrogen and oxygen atoms in total. The highest BCUT2D eigenvalue weighted by atomic mass is 16.6. The molecule has 0 N–H and O–H groups in total. The van der Waals surface area contributed by atoms with Crippen molar-refractivity contribution in [3.63, 3.8) is 0 Å². The summed E-state index contributed by atoms with van der Waals surface area (Å²) in [6.07, 6.45) is 14.8. The Morgan fingerprint density at radius 2 is 0.872 bits per heavy atom. The molecule has 8 heteroatoms. The van der Waals surface area contributed by atoms with Crippen molar-refractivity contribution in [2.75, 3.05) is 72.7 Å². The molecule has 0 saturated heterocycles. The zero-order chi connectivity index (χ0) is 28.1. The number of rotatable bonds is 29. The maximum absolute atomic E-state index is 11.9. The molecule has 0 heterocycles. The maximum Gasteiger partial charge on any atom is 0.379 e. The molecule has 1 rings (SSSR count). The molecular weight excluding hydrogens is 500 g/mol. The zero-order valence-electron chi connectivity index (χ0n) is 24.2. The van der Waals surface area contributed by atoms with Gasteiger partial charge < -0.3 is 28.4 Å². The van der Waals surface area contributed by atoms with Crippen LogP contribution in [0.4, 0.5) is 0 Å². The van der Waals surface area contributed by atoms with Crippen LogP contribution in [0.1, 0.15) is 87.9 Å². The van der Waals surface area contributed by atoms with Gasteiger partial charge in [0.15, 0.2) is 0 Å². The Hall–Kier alpha value is -1.84. The average molecular weight is 553 g/mol. The molecule has 0 unspecified atom stereocenters. The summed E-state index contributed by atoms with van der Waals surface area (Å²) in [5.74, 6) is -1.54. The summed E-state index contributed by atoms with van der Waals surface area (Å²) in [6, 6.07) is 8.31. The van der Waals surface area contributed by atoms with Gasteiger partial charge in [-0.25, -0.2) is 4.79 Å². The van der Waals surface area contributed by atoms with Gasteiger partial charge >= 0.3 is 5.97 Å². The monoisotopic (exact) mass is 552 g/mol. The smallest absolute Gasteiger partial charge is 0.379 e. The Morgan fingerprint density at radius 1 is 0.487 bits per heavy atom. The summed E-state index contributed by atoms with van der Waals surface area (Å²) in [6.45, 7) is 7.30. The quantitative estimate of drug-likeness (QED) is 0.0533. The second-order valence-corrected chi connectivity index (χ2v) is 9.43. The summed E-state index contributed by atoms with van der Waals surface area (Å²) in [5.41, 5.74) is 0.310. The number of esters is 1. The molecule has 0 bridgehead atoms. The Labute approximate surface area is 236 Å². The normalized spacial score (nSPS) is 11.1. The first-order valence-electron chi connectivity index (χ1n) is 14.9. The van der Waals surface area contributed by atoms with Crippen molar-refractivity contribution in [2.24, 2.45) is 0 Å². The van der Waals surface area contributed by atoms with E-state index in [4.69, 9.17) is 28.4 Å². The third kappa shape index (κ3) is 22.7. The number of carbonyl (C=O) groups excluding carboxylic acids is 2. The minimum atomic E-state index is -0.880. The van der Waals surface area contributed by atoms with Crippen LogP contribution in [0.2, 0.25) is 0 Å². The fourth-order valence-corrected chi connectivity index (χ4v) is 3.82. The summed E-state index contributed by atoms with van der Waals surface area (Å²) < 4.78 is 32.3. The molecule has 1 aromatic carbocycles. The van der Waals surface area contributed by atoms with Crippen LogP contribution in [0.25, 0.3) is 0 Å². The van der Waals surface area contributed by atoms with E-state index < -0.39 is 11.8 Å². The number of ketones is 1. The lowest BCUT2D eigenvalue weighted by Gasteiger charge is -2.08. The van der Waals surface area contributed by atoms with Crippen LogP contribution < -0.4 is 0 Å². The van der Waals surface area contributed by atoms with Crippen LogP contribution in [-0.2, 0) is 33.2 Å². The number of unbranched alkanes of at least 4 members (excludes halogenated alkanes) is 10. The van der Waals surface area contributed by atoms with Crippen LogP contribution in [0.5, 0.6) is 0 Å². The molecule has 0 amide bonds. The third-order valence-electron chi connectivity index (χ3n) is 6.06. The minimum absolute atomic E-state index is 0.0188. The minimum Gasteiger partial charge on any atom is -0.457 e. The van der Waals surface area contributed by atoms with E-state index in [1.54, 1.807) is 30.3 Å². The van der Waals surface area contributed by atoms with Gasteiger partial charge in [0.25, 0.3) is 5.78 Å². The fourth-order valence-electron chi connectivity index (χ4n) is 3.82. The number of hydrogen-bond acceptors (Lipinski definition) is 8. The third-order valence-corrected chi connectivity index (χ3v) is 6.06. The average Bonchev–Trinajstić information content (AvgIpc) is 2.96. The van der Waals surface area contributed by atoms with Crippen molar-refractivity contribution in [3.05, 3.63) is 35.9 Å². The number of carbonyl (C=O) groups is 2. The Kier molecular flexibility index (Phi) is 25.0. The molecule has 0 radical (unpaired) electrons. The molecule has 0 aliphatic rings. The topological polar surface area (TPSA) is 89.5 Å². The molecule has 0 fully saturated rings. The first-order chi connectivity index (χ1) is 19.3. The molecule has 0 aromatic heterocycles. The Morgan fingerprint density at radius 3 is 1.33 bits per heavy atom. The van der Waals surface area contributed by atoms with E-state index in [0.717, 1.165) is 13.0 Å². The van der Waals surface area contributed by atoms with Crippen molar-refractivity contribution < 1.29 is 38.0 Å². The first kappa shape index (κ1) is 35.2.